The number of rotatable bonds is 8. The third-order valence-electron chi connectivity index (χ3n) is 3.57. The molecule has 3 unspecified atom stereocenters. The van der Waals surface area contributed by atoms with Gasteiger partial charge < -0.3 is 9.63 Å². The Balaban J connectivity index is 2.93. The Hall–Kier alpha value is -1.12. The minimum atomic E-state index is -2.10. The second-order valence-corrected chi connectivity index (χ2v) is 6.56. The third-order valence-corrected chi connectivity index (χ3v) is 4.80. The normalized spacial score (nSPS) is 15.6. The number of hydrogen-bond donors (Lipinski definition) is 1. The Morgan fingerprint density at radius 3 is 2.65 bits per heavy atom. The largest absolute Gasteiger partial charge is 0.481 e. The lowest BCUT2D eigenvalue weighted by Gasteiger charge is -2.25. The highest BCUT2D eigenvalue weighted by atomic mass is 31.1. The van der Waals surface area contributed by atoms with Gasteiger partial charge in [-0.3, -0.25) is 9.36 Å². The van der Waals surface area contributed by atoms with Gasteiger partial charge in [-0.05, 0) is 36.3 Å². The molecule has 1 rings (SSSR count). The van der Waals surface area contributed by atoms with Crippen molar-refractivity contribution in [3.8, 4) is 0 Å². The van der Waals surface area contributed by atoms with E-state index in [1.807, 2.05) is 31.2 Å². The van der Waals surface area contributed by atoms with Crippen molar-refractivity contribution in [2.24, 2.45) is 5.92 Å². The Morgan fingerprint density at radius 2 is 2.10 bits per heavy atom. The molecule has 0 saturated heterocycles. The van der Waals surface area contributed by atoms with Crippen LogP contribution >= 0.6 is 8.03 Å². The SMILES string of the molecule is [CH2]c1ccccc1C(C[PH](=O)OC)C(C)CCC(=O)O. The van der Waals surface area contributed by atoms with E-state index in [9.17, 15) is 9.36 Å². The van der Waals surface area contributed by atoms with Crippen LogP contribution in [0.1, 0.15) is 36.8 Å². The third kappa shape index (κ3) is 5.10. The highest BCUT2D eigenvalue weighted by Gasteiger charge is 2.23. The Kier molecular flexibility index (Phi) is 6.97. The van der Waals surface area contributed by atoms with E-state index in [4.69, 9.17) is 9.63 Å². The highest BCUT2D eigenvalue weighted by Crippen LogP contribution is 2.37. The number of hydrogen-bond acceptors (Lipinski definition) is 3. The molecule has 0 bridgehead atoms. The predicted octanol–water partition coefficient (Wildman–Crippen LogP) is 3.57. The van der Waals surface area contributed by atoms with E-state index in [2.05, 4.69) is 6.92 Å². The fraction of sp³-hybridized carbons (Fsp3) is 0.467. The van der Waals surface area contributed by atoms with E-state index in [1.165, 1.54) is 7.11 Å². The van der Waals surface area contributed by atoms with E-state index >= 15 is 0 Å². The minimum Gasteiger partial charge on any atom is -0.481 e. The maximum Gasteiger partial charge on any atom is 0.303 e. The van der Waals surface area contributed by atoms with Crippen molar-refractivity contribution in [2.45, 2.75) is 25.7 Å². The lowest BCUT2D eigenvalue weighted by Crippen LogP contribution is -2.15. The van der Waals surface area contributed by atoms with Crippen molar-refractivity contribution in [3.63, 3.8) is 0 Å². The zero-order chi connectivity index (χ0) is 15.1. The smallest absolute Gasteiger partial charge is 0.303 e. The molecule has 0 spiro atoms. The number of benzene rings is 1. The molecular weight excluding hydrogens is 275 g/mol. The van der Waals surface area contributed by atoms with E-state index in [1.54, 1.807) is 0 Å². The summed E-state index contributed by atoms with van der Waals surface area (Å²) in [7, 11) is -0.658. The van der Waals surface area contributed by atoms with Crippen molar-refractivity contribution in [1.29, 1.82) is 0 Å². The molecule has 4 nitrogen and oxygen atoms in total. The van der Waals surface area contributed by atoms with Gasteiger partial charge in [-0.25, -0.2) is 0 Å². The van der Waals surface area contributed by atoms with Crippen LogP contribution in [0.25, 0.3) is 0 Å². The van der Waals surface area contributed by atoms with Gasteiger partial charge in [-0.15, -0.1) is 0 Å². The maximum atomic E-state index is 11.8. The van der Waals surface area contributed by atoms with Gasteiger partial charge in [0, 0.05) is 19.7 Å². The fourth-order valence-corrected chi connectivity index (χ4v) is 3.48. The van der Waals surface area contributed by atoms with Gasteiger partial charge in [0.2, 0.25) is 0 Å². The van der Waals surface area contributed by atoms with E-state index in [0.717, 1.165) is 11.1 Å². The van der Waals surface area contributed by atoms with Gasteiger partial charge in [0.1, 0.15) is 0 Å². The number of carbonyl (C=O) groups is 1. The van der Waals surface area contributed by atoms with Gasteiger partial charge in [-0.2, -0.15) is 0 Å². The molecule has 0 amide bonds. The quantitative estimate of drug-likeness (QED) is 0.745. The van der Waals surface area contributed by atoms with Crippen molar-refractivity contribution < 1.29 is 19.0 Å². The molecule has 1 aromatic carbocycles. The molecule has 20 heavy (non-hydrogen) atoms. The Morgan fingerprint density at radius 1 is 1.45 bits per heavy atom. The van der Waals surface area contributed by atoms with Crippen LogP contribution in [0.15, 0.2) is 24.3 Å². The first kappa shape index (κ1) is 16.9. The monoisotopic (exact) mass is 297 g/mol. The van der Waals surface area contributed by atoms with Crippen LogP contribution in [0.3, 0.4) is 0 Å². The summed E-state index contributed by atoms with van der Waals surface area (Å²) in [5.74, 6) is -0.689. The topological polar surface area (TPSA) is 63.6 Å². The van der Waals surface area contributed by atoms with Crippen LogP contribution in [0.5, 0.6) is 0 Å². The average molecular weight is 297 g/mol. The van der Waals surface area contributed by atoms with Crippen molar-refractivity contribution in [3.05, 3.63) is 42.3 Å². The molecule has 1 aromatic rings. The molecule has 5 heteroatoms. The van der Waals surface area contributed by atoms with E-state index < -0.39 is 14.0 Å². The van der Waals surface area contributed by atoms with Crippen LogP contribution in [-0.4, -0.2) is 24.3 Å². The van der Waals surface area contributed by atoms with E-state index in [-0.39, 0.29) is 18.3 Å². The lowest BCUT2D eigenvalue weighted by molar-refractivity contribution is -0.137. The molecule has 0 saturated carbocycles. The number of carboxylic acid groups (broad SMARTS) is 1. The van der Waals surface area contributed by atoms with Gasteiger partial charge in [0.15, 0.2) is 8.03 Å². The fourth-order valence-electron chi connectivity index (χ4n) is 2.33. The van der Waals surface area contributed by atoms with Crippen molar-refractivity contribution >= 4 is 14.0 Å². The molecule has 1 N–H and O–H groups in total. The van der Waals surface area contributed by atoms with Gasteiger partial charge in [0.05, 0.1) is 0 Å². The molecule has 3 atom stereocenters. The summed E-state index contributed by atoms with van der Waals surface area (Å²) in [6, 6.07) is 7.71. The van der Waals surface area contributed by atoms with Crippen molar-refractivity contribution in [1.82, 2.24) is 0 Å². The van der Waals surface area contributed by atoms with Crippen LogP contribution in [0, 0.1) is 12.8 Å². The highest BCUT2D eigenvalue weighted by molar-refractivity contribution is 7.39. The minimum absolute atomic E-state index is 0.00869. The number of aliphatic carboxylic acids is 1. The Labute approximate surface area is 121 Å². The summed E-state index contributed by atoms with van der Waals surface area (Å²) in [6.45, 7) is 6.00. The molecule has 0 aromatic heterocycles. The zero-order valence-electron chi connectivity index (χ0n) is 12.0. The molecule has 0 fully saturated rings. The second-order valence-electron chi connectivity index (χ2n) is 5.00. The zero-order valence-corrected chi connectivity index (χ0v) is 13.0. The van der Waals surface area contributed by atoms with E-state index in [0.29, 0.717) is 12.6 Å². The van der Waals surface area contributed by atoms with Crippen LogP contribution < -0.4 is 0 Å². The maximum absolute atomic E-state index is 11.8. The summed E-state index contributed by atoms with van der Waals surface area (Å²) in [5, 5.41) is 8.80. The van der Waals surface area contributed by atoms with Crippen molar-refractivity contribution in [2.75, 3.05) is 13.3 Å². The molecule has 0 heterocycles. The summed E-state index contributed by atoms with van der Waals surface area (Å²) in [5.41, 5.74) is 1.92. The number of carboxylic acids is 1. The first-order valence-electron chi connectivity index (χ1n) is 6.65. The Bertz CT molecular complexity index is 473. The van der Waals surface area contributed by atoms with Gasteiger partial charge in [-0.1, -0.05) is 31.2 Å². The lowest BCUT2D eigenvalue weighted by atomic mass is 9.84. The second kappa shape index (κ2) is 8.23. The standard InChI is InChI=1S/C15H22O4P/c1-11-6-4-5-7-13(11)14(10-20(18)19-3)12(2)8-9-15(16)17/h4-7,12,14,20H,1,8-10H2,2-3H3,(H,16,17). The van der Waals surface area contributed by atoms with Crippen LogP contribution in [0.4, 0.5) is 0 Å². The summed E-state index contributed by atoms with van der Waals surface area (Å²) in [4.78, 5) is 10.7. The first-order chi connectivity index (χ1) is 9.45. The molecule has 0 aliphatic carbocycles. The van der Waals surface area contributed by atoms with Gasteiger partial charge in [0.25, 0.3) is 0 Å². The predicted molar refractivity (Wildman–Crippen MR) is 80.6 cm³/mol. The molecule has 0 aliphatic rings. The summed E-state index contributed by atoms with van der Waals surface area (Å²) < 4.78 is 16.7. The molecular formula is C15H22O4P. The first-order valence-corrected chi connectivity index (χ1v) is 8.17. The van der Waals surface area contributed by atoms with Crippen LogP contribution in [0.2, 0.25) is 0 Å². The molecule has 1 radical (unpaired) electrons. The van der Waals surface area contributed by atoms with Gasteiger partial charge >= 0.3 is 5.97 Å². The average Bonchev–Trinajstić information content (AvgIpc) is 2.42. The molecule has 0 aliphatic heterocycles. The van der Waals surface area contributed by atoms with Crippen LogP contribution in [-0.2, 0) is 13.9 Å². The molecule has 111 valence electrons. The summed E-state index contributed by atoms with van der Waals surface area (Å²) in [6.07, 6.45) is 1.09. The summed E-state index contributed by atoms with van der Waals surface area (Å²) >= 11 is 0.